The van der Waals surface area contributed by atoms with Crippen LogP contribution in [0.25, 0.3) is 0 Å². The molecule has 1 aliphatic carbocycles. The van der Waals surface area contributed by atoms with Crippen LogP contribution in [0.5, 0.6) is 0 Å². The van der Waals surface area contributed by atoms with E-state index in [0.29, 0.717) is 30.2 Å². The van der Waals surface area contributed by atoms with Gasteiger partial charge in [-0.25, -0.2) is 8.42 Å². The molecular formula is C23H26ClNO3S. The van der Waals surface area contributed by atoms with E-state index < -0.39 is 9.84 Å². The van der Waals surface area contributed by atoms with Gasteiger partial charge in [-0.3, -0.25) is 4.79 Å². The Morgan fingerprint density at radius 3 is 2.41 bits per heavy atom. The SMILES string of the molecule is CC1CC1(C)N1C(=O)CCc2cc(CS(=O)(=O)CCc3ccc(Cl)cc3)ccc21. The van der Waals surface area contributed by atoms with Gasteiger partial charge in [-0.2, -0.15) is 0 Å². The Labute approximate surface area is 177 Å². The van der Waals surface area contributed by atoms with Crippen molar-refractivity contribution in [3.63, 3.8) is 0 Å². The van der Waals surface area contributed by atoms with E-state index in [-0.39, 0.29) is 23.0 Å². The number of aryl methyl sites for hydroxylation is 2. The second-order valence-corrected chi connectivity index (χ2v) is 11.2. The normalized spacial score (nSPS) is 23.8. The average Bonchev–Trinajstić information content (AvgIpc) is 3.28. The summed E-state index contributed by atoms with van der Waals surface area (Å²) in [6, 6.07) is 13.1. The number of nitrogens with zero attached hydrogens (tertiary/aromatic N) is 1. The highest BCUT2D eigenvalue weighted by Gasteiger charge is 2.54. The number of fused-ring (bicyclic) bond motifs is 1. The number of hydrogen-bond donors (Lipinski definition) is 0. The molecule has 4 nitrogen and oxygen atoms in total. The van der Waals surface area contributed by atoms with Crippen molar-refractivity contribution in [2.45, 2.75) is 50.8 Å². The Bertz CT molecular complexity index is 1050. The maximum absolute atomic E-state index is 12.6. The Morgan fingerprint density at radius 2 is 1.76 bits per heavy atom. The van der Waals surface area contributed by atoms with Gasteiger partial charge in [-0.05, 0) is 67.0 Å². The molecular weight excluding hydrogens is 406 g/mol. The van der Waals surface area contributed by atoms with Gasteiger partial charge < -0.3 is 4.90 Å². The number of benzene rings is 2. The number of halogens is 1. The largest absolute Gasteiger partial charge is 0.306 e. The van der Waals surface area contributed by atoms with Crippen molar-refractivity contribution in [3.8, 4) is 0 Å². The van der Waals surface area contributed by atoms with Gasteiger partial charge in [0.15, 0.2) is 9.84 Å². The maximum atomic E-state index is 12.6. The first-order valence-corrected chi connectivity index (χ1v) is 12.3. The van der Waals surface area contributed by atoms with E-state index in [1.54, 1.807) is 12.1 Å². The molecule has 0 radical (unpaired) electrons. The predicted molar refractivity (Wildman–Crippen MR) is 117 cm³/mol. The van der Waals surface area contributed by atoms with Gasteiger partial charge in [-0.15, -0.1) is 0 Å². The van der Waals surface area contributed by atoms with E-state index in [4.69, 9.17) is 11.6 Å². The zero-order valence-electron chi connectivity index (χ0n) is 16.8. The quantitative estimate of drug-likeness (QED) is 0.672. The molecule has 1 aliphatic heterocycles. The number of hydrogen-bond acceptors (Lipinski definition) is 3. The summed E-state index contributed by atoms with van der Waals surface area (Å²) < 4.78 is 25.3. The van der Waals surface area contributed by atoms with Crippen LogP contribution in [0.2, 0.25) is 5.02 Å². The van der Waals surface area contributed by atoms with E-state index in [2.05, 4.69) is 13.8 Å². The van der Waals surface area contributed by atoms with E-state index in [1.807, 2.05) is 35.2 Å². The fourth-order valence-corrected chi connectivity index (χ4v) is 5.82. The number of carbonyl (C=O) groups excluding carboxylic acids is 1. The van der Waals surface area contributed by atoms with Crippen molar-refractivity contribution < 1.29 is 13.2 Å². The highest BCUT2D eigenvalue weighted by Crippen LogP contribution is 2.51. The maximum Gasteiger partial charge on any atom is 0.227 e. The predicted octanol–water partition coefficient (Wildman–Crippen LogP) is 4.58. The summed E-state index contributed by atoms with van der Waals surface area (Å²) in [5.74, 6) is 0.791. The molecule has 29 heavy (non-hydrogen) atoms. The van der Waals surface area contributed by atoms with Crippen molar-refractivity contribution in [1.82, 2.24) is 0 Å². The second kappa shape index (κ2) is 7.44. The minimum Gasteiger partial charge on any atom is -0.306 e. The van der Waals surface area contributed by atoms with Gasteiger partial charge in [-0.1, -0.05) is 42.8 Å². The van der Waals surface area contributed by atoms with Gasteiger partial charge in [0.25, 0.3) is 0 Å². The van der Waals surface area contributed by atoms with E-state index in [0.717, 1.165) is 28.8 Å². The lowest BCUT2D eigenvalue weighted by molar-refractivity contribution is -0.119. The molecule has 1 heterocycles. The van der Waals surface area contributed by atoms with E-state index in [1.165, 1.54) is 0 Å². The summed E-state index contributed by atoms with van der Waals surface area (Å²) in [4.78, 5) is 14.5. The van der Waals surface area contributed by atoms with Crippen LogP contribution in [0.4, 0.5) is 5.69 Å². The average molecular weight is 432 g/mol. The molecule has 6 heteroatoms. The molecule has 154 valence electrons. The van der Waals surface area contributed by atoms with E-state index in [9.17, 15) is 13.2 Å². The Hall–Kier alpha value is -1.85. The molecule has 4 rings (SSSR count). The molecule has 2 atom stereocenters. The van der Waals surface area contributed by atoms with Gasteiger partial charge >= 0.3 is 0 Å². The lowest BCUT2D eigenvalue weighted by Gasteiger charge is -2.35. The van der Waals surface area contributed by atoms with Crippen molar-refractivity contribution in [1.29, 1.82) is 0 Å². The van der Waals surface area contributed by atoms with Crippen LogP contribution < -0.4 is 4.90 Å². The Kier molecular flexibility index (Phi) is 5.24. The summed E-state index contributed by atoms with van der Waals surface area (Å²) in [6.07, 6.45) is 2.65. The summed E-state index contributed by atoms with van der Waals surface area (Å²) in [6.45, 7) is 4.31. The van der Waals surface area contributed by atoms with Crippen molar-refractivity contribution in [3.05, 3.63) is 64.2 Å². The zero-order chi connectivity index (χ0) is 20.8. The van der Waals surface area contributed by atoms with Crippen LogP contribution in [0.15, 0.2) is 42.5 Å². The molecule has 0 N–H and O–H groups in total. The molecule has 2 aromatic carbocycles. The first kappa shape index (κ1) is 20.4. The van der Waals surface area contributed by atoms with Crippen LogP contribution in [0, 0.1) is 5.92 Å². The highest BCUT2D eigenvalue weighted by atomic mass is 35.5. The smallest absolute Gasteiger partial charge is 0.227 e. The topological polar surface area (TPSA) is 54.5 Å². The van der Waals surface area contributed by atoms with Crippen LogP contribution in [0.3, 0.4) is 0 Å². The first-order valence-electron chi connectivity index (χ1n) is 10.1. The third-order valence-corrected chi connectivity index (χ3v) is 8.23. The fourth-order valence-electron chi connectivity index (χ4n) is 4.32. The molecule has 1 saturated carbocycles. The van der Waals surface area contributed by atoms with E-state index >= 15 is 0 Å². The summed E-state index contributed by atoms with van der Waals surface area (Å²) in [7, 11) is -3.23. The minimum absolute atomic E-state index is 0.0233. The van der Waals surface area contributed by atoms with Gasteiger partial charge in [0.05, 0.1) is 11.5 Å². The van der Waals surface area contributed by atoms with Crippen LogP contribution in [-0.4, -0.2) is 25.6 Å². The minimum atomic E-state index is -3.23. The molecule has 0 bridgehead atoms. The van der Waals surface area contributed by atoms with Gasteiger partial charge in [0.1, 0.15) is 0 Å². The van der Waals surface area contributed by atoms with Crippen molar-refractivity contribution >= 4 is 33.0 Å². The molecule has 1 amide bonds. The van der Waals surface area contributed by atoms with Crippen molar-refractivity contribution in [2.75, 3.05) is 10.7 Å². The molecule has 0 spiro atoms. The molecule has 2 unspecified atom stereocenters. The second-order valence-electron chi connectivity index (χ2n) is 8.62. The molecule has 1 fully saturated rings. The standard InChI is InChI=1S/C23H26ClNO3S/c1-16-14-23(16,2)25-21-9-5-18(13-19(21)6-10-22(25)26)15-29(27,28)12-11-17-3-7-20(24)8-4-17/h3-5,7-9,13,16H,6,10-12,14-15H2,1-2H3. The first-order chi connectivity index (χ1) is 13.7. The van der Waals surface area contributed by atoms with Crippen LogP contribution in [0.1, 0.15) is 43.4 Å². The lowest BCUT2D eigenvalue weighted by Crippen LogP contribution is -2.44. The highest BCUT2D eigenvalue weighted by molar-refractivity contribution is 7.90. The fraction of sp³-hybridized carbons (Fsp3) is 0.435. The summed E-state index contributed by atoms with van der Waals surface area (Å²) >= 11 is 5.88. The monoisotopic (exact) mass is 431 g/mol. The number of carbonyl (C=O) groups is 1. The third-order valence-electron chi connectivity index (χ3n) is 6.38. The van der Waals surface area contributed by atoms with Gasteiger partial charge in [0, 0.05) is 22.7 Å². The summed E-state index contributed by atoms with van der Waals surface area (Å²) in [5, 5.41) is 0.646. The molecule has 0 aromatic heterocycles. The van der Waals surface area contributed by atoms with Crippen molar-refractivity contribution in [2.24, 2.45) is 5.92 Å². The number of sulfone groups is 1. The van der Waals surface area contributed by atoms with Crippen LogP contribution in [-0.2, 0) is 33.2 Å². The van der Waals surface area contributed by atoms with Crippen LogP contribution >= 0.6 is 11.6 Å². The molecule has 0 saturated heterocycles. The summed E-state index contributed by atoms with van der Waals surface area (Å²) in [5.41, 5.74) is 3.69. The Balaban J connectivity index is 1.48. The molecule has 2 aromatic rings. The zero-order valence-corrected chi connectivity index (χ0v) is 18.4. The number of amides is 1. The molecule has 2 aliphatic rings. The number of anilines is 1. The number of rotatable bonds is 6. The third kappa shape index (κ3) is 4.22. The van der Waals surface area contributed by atoms with Gasteiger partial charge in [0.2, 0.25) is 5.91 Å². The Morgan fingerprint density at radius 1 is 1.10 bits per heavy atom. The lowest BCUT2D eigenvalue weighted by atomic mass is 9.96.